The van der Waals surface area contributed by atoms with Crippen molar-refractivity contribution in [2.45, 2.75) is 51.0 Å². The van der Waals surface area contributed by atoms with Gasteiger partial charge >= 0.3 is 0 Å². The predicted molar refractivity (Wildman–Crippen MR) is 73.3 cm³/mol. The molecule has 0 heterocycles. The van der Waals surface area contributed by atoms with Gasteiger partial charge in [-0.05, 0) is 31.6 Å². The summed E-state index contributed by atoms with van der Waals surface area (Å²) >= 11 is 0. The second-order valence-corrected chi connectivity index (χ2v) is 5.70. The van der Waals surface area contributed by atoms with E-state index in [9.17, 15) is 4.79 Å². The number of carbonyl (C=O) groups is 1. The van der Waals surface area contributed by atoms with E-state index >= 15 is 0 Å². The van der Waals surface area contributed by atoms with Crippen LogP contribution in [-0.2, 0) is 9.53 Å². The highest BCUT2D eigenvalue weighted by Gasteiger charge is 2.35. The summed E-state index contributed by atoms with van der Waals surface area (Å²) < 4.78 is 5.85. The van der Waals surface area contributed by atoms with Gasteiger partial charge in [-0.25, -0.2) is 0 Å². The van der Waals surface area contributed by atoms with Gasteiger partial charge in [0.2, 0.25) is 5.91 Å². The summed E-state index contributed by atoms with van der Waals surface area (Å²) in [5.74, 6) is 0.835. The SMILES string of the molecule is CCCC1CCC(CN)(OCC(=O)N(C)C)CC1. The summed E-state index contributed by atoms with van der Waals surface area (Å²) in [5.41, 5.74) is 5.62. The second kappa shape index (κ2) is 7.10. The van der Waals surface area contributed by atoms with E-state index in [4.69, 9.17) is 10.5 Å². The highest BCUT2D eigenvalue weighted by atomic mass is 16.5. The van der Waals surface area contributed by atoms with Crippen LogP contribution in [0.4, 0.5) is 0 Å². The van der Waals surface area contributed by atoms with Gasteiger partial charge in [0.25, 0.3) is 0 Å². The lowest BCUT2D eigenvalue weighted by Crippen LogP contribution is -2.46. The Labute approximate surface area is 111 Å². The van der Waals surface area contributed by atoms with Gasteiger partial charge in [0.1, 0.15) is 6.61 Å². The first-order chi connectivity index (χ1) is 8.53. The molecule has 18 heavy (non-hydrogen) atoms. The first-order valence-corrected chi connectivity index (χ1v) is 7.07. The first-order valence-electron chi connectivity index (χ1n) is 7.07. The highest BCUT2D eigenvalue weighted by Crippen LogP contribution is 2.36. The maximum absolute atomic E-state index is 11.6. The van der Waals surface area contributed by atoms with Gasteiger partial charge in [0, 0.05) is 20.6 Å². The van der Waals surface area contributed by atoms with Gasteiger partial charge in [0.15, 0.2) is 0 Å². The van der Waals surface area contributed by atoms with Crippen LogP contribution in [0, 0.1) is 5.92 Å². The molecule has 1 saturated carbocycles. The van der Waals surface area contributed by atoms with Gasteiger partial charge < -0.3 is 15.4 Å². The molecule has 2 N–H and O–H groups in total. The van der Waals surface area contributed by atoms with Crippen molar-refractivity contribution in [3.05, 3.63) is 0 Å². The van der Waals surface area contributed by atoms with Gasteiger partial charge in [0.05, 0.1) is 5.60 Å². The summed E-state index contributed by atoms with van der Waals surface area (Å²) in [6.45, 7) is 2.91. The van der Waals surface area contributed by atoms with Crippen molar-refractivity contribution < 1.29 is 9.53 Å². The molecule has 0 radical (unpaired) electrons. The smallest absolute Gasteiger partial charge is 0.248 e. The molecule has 0 aromatic carbocycles. The molecule has 0 spiro atoms. The minimum Gasteiger partial charge on any atom is -0.364 e. The molecule has 1 fully saturated rings. The third-order valence-electron chi connectivity index (χ3n) is 4.09. The molecule has 4 nitrogen and oxygen atoms in total. The number of amides is 1. The summed E-state index contributed by atoms with van der Waals surface area (Å²) in [6.07, 6.45) is 6.91. The van der Waals surface area contributed by atoms with E-state index in [1.165, 1.54) is 25.7 Å². The Morgan fingerprint density at radius 2 is 2.00 bits per heavy atom. The minimum atomic E-state index is -0.254. The Hall–Kier alpha value is -0.610. The monoisotopic (exact) mass is 256 g/mol. The second-order valence-electron chi connectivity index (χ2n) is 5.70. The number of carbonyl (C=O) groups excluding carboxylic acids is 1. The number of ether oxygens (including phenoxy) is 1. The Balaban J connectivity index is 2.43. The van der Waals surface area contributed by atoms with E-state index in [-0.39, 0.29) is 18.1 Å². The molecule has 4 heteroatoms. The molecular weight excluding hydrogens is 228 g/mol. The number of hydrogen-bond acceptors (Lipinski definition) is 3. The largest absolute Gasteiger partial charge is 0.364 e. The molecule has 1 amide bonds. The van der Waals surface area contributed by atoms with Crippen molar-refractivity contribution in [3.8, 4) is 0 Å². The lowest BCUT2D eigenvalue weighted by molar-refractivity contribution is -0.143. The standard InChI is InChI=1S/C14H28N2O2/c1-4-5-12-6-8-14(11-15,9-7-12)18-10-13(17)16(2)3/h12H,4-11,15H2,1-3H3. The summed E-state index contributed by atoms with van der Waals surface area (Å²) in [5, 5.41) is 0. The molecule has 0 bridgehead atoms. The van der Waals surface area contributed by atoms with Crippen LogP contribution in [0.3, 0.4) is 0 Å². The third kappa shape index (κ3) is 4.25. The zero-order valence-corrected chi connectivity index (χ0v) is 12.1. The zero-order chi connectivity index (χ0) is 13.6. The van der Waals surface area contributed by atoms with E-state index in [1.807, 2.05) is 0 Å². The minimum absolute atomic E-state index is 0.0125. The molecule has 0 aromatic heterocycles. The van der Waals surface area contributed by atoms with E-state index in [1.54, 1.807) is 19.0 Å². The number of nitrogens with two attached hydrogens (primary N) is 1. The Bertz CT molecular complexity index is 259. The lowest BCUT2D eigenvalue weighted by atomic mass is 9.77. The lowest BCUT2D eigenvalue weighted by Gasteiger charge is -2.39. The normalized spacial score (nSPS) is 28.1. The summed E-state index contributed by atoms with van der Waals surface area (Å²) in [4.78, 5) is 13.1. The number of rotatable bonds is 6. The number of hydrogen-bond donors (Lipinski definition) is 1. The molecule has 0 atom stereocenters. The van der Waals surface area contributed by atoms with E-state index in [2.05, 4.69) is 6.92 Å². The Morgan fingerprint density at radius 3 is 2.44 bits per heavy atom. The van der Waals surface area contributed by atoms with E-state index in [0.717, 1.165) is 18.8 Å². The Morgan fingerprint density at radius 1 is 1.39 bits per heavy atom. The van der Waals surface area contributed by atoms with Crippen LogP contribution < -0.4 is 5.73 Å². The van der Waals surface area contributed by atoms with Crippen LogP contribution >= 0.6 is 0 Å². The van der Waals surface area contributed by atoms with Crippen molar-refractivity contribution in [2.24, 2.45) is 11.7 Å². The van der Waals surface area contributed by atoms with Crippen molar-refractivity contribution in [1.82, 2.24) is 4.90 Å². The van der Waals surface area contributed by atoms with Crippen LogP contribution in [0.1, 0.15) is 45.4 Å². The fourth-order valence-corrected chi connectivity index (χ4v) is 2.65. The molecule has 1 aliphatic rings. The van der Waals surface area contributed by atoms with Crippen LogP contribution in [0.2, 0.25) is 0 Å². The quantitative estimate of drug-likeness (QED) is 0.788. The molecule has 1 aliphatic carbocycles. The van der Waals surface area contributed by atoms with Crippen LogP contribution in [0.5, 0.6) is 0 Å². The van der Waals surface area contributed by atoms with E-state index < -0.39 is 0 Å². The van der Waals surface area contributed by atoms with Gasteiger partial charge in [-0.3, -0.25) is 4.79 Å². The number of likely N-dealkylation sites (N-methyl/N-ethyl adjacent to an activating group) is 1. The van der Waals surface area contributed by atoms with Gasteiger partial charge in [-0.15, -0.1) is 0 Å². The van der Waals surface area contributed by atoms with E-state index in [0.29, 0.717) is 6.54 Å². The molecule has 106 valence electrons. The van der Waals surface area contributed by atoms with Crippen LogP contribution in [-0.4, -0.2) is 43.7 Å². The molecular formula is C14H28N2O2. The van der Waals surface area contributed by atoms with Crippen LogP contribution in [0.25, 0.3) is 0 Å². The van der Waals surface area contributed by atoms with Crippen molar-refractivity contribution >= 4 is 5.91 Å². The fourth-order valence-electron chi connectivity index (χ4n) is 2.65. The van der Waals surface area contributed by atoms with Crippen molar-refractivity contribution in [3.63, 3.8) is 0 Å². The molecule has 0 unspecified atom stereocenters. The summed E-state index contributed by atoms with van der Waals surface area (Å²) in [7, 11) is 3.50. The average molecular weight is 256 g/mol. The molecule has 0 aromatic rings. The van der Waals surface area contributed by atoms with Crippen LogP contribution in [0.15, 0.2) is 0 Å². The zero-order valence-electron chi connectivity index (χ0n) is 12.1. The van der Waals surface area contributed by atoms with Gasteiger partial charge in [-0.1, -0.05) is 19.8 Å². The van der Waals surface area contributed by atoms with Crippen molar-refractivity contribution in [1.29, 1.82) is 0 Å². The topological polar surface area (TPSA) is 55.6 Å². The summed E-state index contributed by atoms with van der Waals surface area (Å²) in [6, 6.07) is 0. The Kier molecular flexibility index (Phi) is 6.09. The molecule has 1 rings (SSSR count). The average Bonchev–Trinajstić information content (AvgIpc) is 2.38. The fraction of sp³-hybridized carbons (Fsp3) is 0.929. The number of nitrogens with zero attached hydrogens (tertiary/aromatic N) is 1. The third-order valence-corrected chi connectivity index (χ3v) is 4.09. The molecule has 0 aliphatic heterocycles. The maximum atomic E-state index is 11.6. The van der Waals surface area contributed by atoms with Gasteiger partial charge in [-0.2, -0.15) is 0 Å². The van der Waals surface area contributed by atoms with Crippen molar-refractivity contribution in [2.75, 3.05) is 27.2 Å². The molecule has 0 saturated heterocycles. The maximum Gasteiger partial charge on any atom is 0.248 e. The highest BCUT2D eigenvalue weighted by molar-refractivity contribution is 5.76. The first kappa shape index (κ1) is 15.4. The predicted octanol–water partition coefficient (Wildman–Crippen LogP) is 1.78.